The van der Waals surface area contributed by atoms with Gasteiger partial charge >= 0.3 is 0 Å². The molecule has 0 aliphatic rings. The summed E-state index contributed by atoms with van der Waals surface area (Å²) in [6.07, 6.45) is 3.62. The minimum atomic E-state index is 0.765. The van der Waals surface area contributed by atoms with Gasteiger partial charge in [0.1, 0.15) is 11.6 Å². The number of aryl methyl sites for hydroxylation is 2. The summed E-state index contributed by atoms with van der Waals surface area (Å²) in [5, 5.41) is 7.49. The zero-order chi connectivity index (χ0) is 11.5. The van der Waals surface area contributed by atoms with Gasteiger partial charge in [0.2, 0.25) is 0 Å². The average molecular weight is 217 g/mol. The van der Waals surface area contributed by atoms with Gasteiger partial charge in [0, 0.05) is 24.5 Å². The maximum Gasteiger partial charge on any atom is 0.148 e. The van der Waals surface area contributed by atoms with Crippen LogP contribution in [0.3, 0.4) is 0 Å². The van der Waals surface area contributed by atoms with Crippen LogP contribution in [0.2, 0.25) is 0 Å². The fourth-order valence-corrected chi connectivity index (χ4v) is 1.70. The van der Waals surface area contributed by atoms with Crippen molar-refractivity contribution in [2.24, 2.45) is 0 Å². The van der Waals surface area contributed by atoms with Crippen molar-refractivity contribution < 1.29 is 0 Å². The average Bonchev–Trinajstić information content (AvgIpc) is 2.59. The second-order valence-corrected chi connectivity index (χ2v) is 3.65. The van der Waals surface area contributed by atoms with Crippen LogP contribution in [0, 0.1) is 13.8 Å². The molecule has 0 aromatic carbocycles. The molecular formula is C11H15N5. The third-order valence-corrected chi connectivity index (χ3v) is 2.35. The minimum absolute atomic E-state index is 0.765. The summed E-state index contributed by atoms with van der Waals surface area (Å²) in [6.45, 7) is 4.60. The molecule has 5 nitrogen and oxygen atoms in total. The first-order valence-electron chi connectivity index (χ1n) is 5.20. The monoisotopic (exact) mass is 217 g/mol. The molecule has 0 aliphatic heterocycles. The highest BCUT2D eigenvalue weighted by Gasteiger charge is 2.08. The fraction of sp³-hybridized carbons (Fsp3) is 0.364. The van der Waals surface area contributed by atoms with Crippen molar-refractivity contribution in [3.8, 4) is 5.69 Å². The lowest BCUT2D eigenvalue weighted by Gasteiger charge is -2.08. The fourth-order valence-electron chi connectivity index (χ4n) is 1.70. The van der Waals surface area contributed by atoms with Crippen molar-refractivity contribution in [2.45, 2.75) is 20.4 Å². The van der Waals surface area contributed by atoms with E-state index < -0.39 is 0 Å². The molecule has 0 saturated heterocycles. The molecule has 0 atom stereocenters. The van der Waals surface area contributed by atoms with Gasteiger partial charge in [0.25, 0.3) is 0 Å². The number of aromatic nitrogens is 4. The molecule has 2 heterocycles. The van der Waals surface area contributed by atoms with E-state index >= 15 is 0 Å². The van der Waals surface area contributed by atoms with Crippen LogP contribution in [0.5, 0.6) is 0 Å². The second-order valence-electron chi connectivity index (χ2n) is 3.65. The Hall–Kier alpha value is -1.75. The number of nitrogens with zero attached hydrogens (tertiary/aromatic N) is 4. The van der Waals surface area contributed by atoms with E-state index in [1.54, 1.807) is 6.20 Å². The molecule has 0 saturated carbocycles. The van der Waals surface area contributed by atoms with Crippen LogP contribution in [0.25, 0.3) is 5.69 Å². The number of pyridine rings is 1. The van der Waals surface area contributed by atoms with Crippen molar-refractivity contribution in [2.75, 3.05) is 7.05 Å². The van der Waals surface area contributed by atoms with Crippen LogP contribution in [-0.4, -0.2) is 26.8 Å². The molecule has 0 bridgehead atoms. The van der Waals surface area contributed by atoms with E-state index in [2.05, 4.69) is 20.4 Å². The van der Waals surface area contributed by atoms with Crippen molar-refractivity contribution in [3.63, 3.8) is 0 Å². The summed E-state index contributed by atoms with van der Waals surface area (Å²) in [6, 6.07) is 1.95. The van der Waals surface area contributed by atoms with Gasteiger partial charge in [-0.05, 0) is 27.0 Å². The summed E-state index contributed by atoms with van der Waals surface area (Å²) in [5.41, 5.74) is 2.14. The van der Waals surface area contributed by atoms with E-state index in [4.69, 9.17) is 0 Å². The van der Waals surface area contributed by atoms with Gasteiger partial charge in [-0.2, -0.15) is 5.10 Å². The molecule has 1 N–H and O–H groups in total. The maximum absolute atomic E-state index is 4.37. The van der Waals surface area contributed by atoms with Crippen LogP contribution in [0.1, 0.15) is 17.2 Å². The Bertz CT molecular complexity index is 489. The smallest absolute Gasteiger partial charge is 0.148 e. The zero-order valence-corrected chi connectivity index (χ0v) is 9.73. The summed E-state index contributed by atoms with van der Waals surface area (Å²) < 4.78 is 1.85. The summed E-state index contributed by atoms with van der Waals surface area (Å²) in [7, 11) is 1.91. The van der Waals surface area contributed by atoms with Crippen LogP contribution in [0.15, 0.2) is 18.5 Å². The van der Waals surface area contributed by atoms with Gasteiger partial charge in [-0.15, -0.1) is 0 Å². The molecule has 2 rings (SSSR count). The van der Waals surface area contributed by atoms with Crippen molar-refractivity contribution in [1.29, 1.82) is 0 Å². The van der Waals surface area contributed by atoms with Crippen LogP contribution >= 0.6 is 0 Å². The first kappa shape index (κ1) is 10.8. The SMILES string of the molecule is CNCc1cnccc1-n1nc(C)nc1C. The largest absolute Gasteiger partial charge is 0.316 e. The number of hydrogen-bond donors (Lipinski definition) is 1. The topological polar surface area (TPSA) is 55.6 Å². The van der Waals surface area contributed by atoms with Gasteiger partial charge in [-0.1, -0.05) is 0 Å². The molecule has 5 heteroatoms. The van der Waals surface area contributed by atoms with Crippen LogP contribution in [-0.2, 0) is 6.54 Å². The highest BCUT2D eigenvalue weighted by atomic mass is 15.3. The Morgan fingerprint density at radius 3 is 2.81 bits per heavy atom. The minimum Gasteiger partial charge on any atom is -0.316 e. The molecule has 2 aromatic rings. The van der Waals surface area contributed by atoms with Gasteiger partial charge in [-0.25, -0.2) is 9.67 Å². The Morgan fingerprint density at radius 2 is 2.19 bits per heavy atom. The summed E-state index contributed by atoms with van der Waals surface area (Å²) in [4.78, 5) is 8.42. The van der Waals surface area contributed by atoms with E-state index in [-0.39, 0.29) is 0 Å². The first-order chi connectivity index (χ1) is 7.72. The molecule has 0 fully saturated rings. The van der Waals surface area contributed by atoms with E-state index in [0.717, 1.165) is 29.4 Å². The zero-order valence-electron chi connectivity index (χ0n) is 9.73. The third-order valence-electron chi connectivity index (χ3n) is 2.35. The molecule has 0 unspecified atom stereocenters. The highest BCUT2D eigenvalue weighted by molar-refractivity contribution is 5.38. The quantitative estimate of drug-likeness (QED) is 0.833. The molecule has 84 valence electrons. The molecule has 0 radical (unpaired) electrons. The van der Waals surface area contributed by atoms with Gasteiger partial charge in [0.05, 0.1) is 5.69 Å². The van der Waals surface area contributed by atoms with Gasteiger partial charge in [0.15, 0.2) is 0 Å². The summed E-state index contributed by atoms with van der Waals surface area (Å²) >= 11 is 0. The number of hydrogen-bond acceptors (Lipinski definition) is 4. The second kappa shape index (κ2) is 4.40. The van der Waals surface area contributed by atoms with Crippen LogP contribution in [0.4, 0.5) is 0 Å². The molecule has 0 spiro atoms. The number of rotatable bonds is 3. The normalized spacial score (nSPS) is 10.7. The number of nitrogens with one attached hydrogen (secondary N) is 1. The van der Waals surface area contributed by atoms with E-state index in [1.165, 1.54) is 0 Å². The maximum atomic E-state index is 4.37. The van der Waals surface area contributed by atoms with Crippen LogP contribution < -0.4 is 5.32 Å². The van der Waals surface area contributed by atoms with Gasteiger partial charge < -0.3 is 5.32 Å². The van der Waals surface area contributed by atoms with E-state index in [0.29, 0.717) is 0 Å². The third kappa shape index (κ3) is 1.94. The lowest BCUT2D eigenvalue weighted by Crippen LogP contribution is -2.11. The van der Waals surface area contributed by atoms with Crippen molar-refractivity contribution in [1.82, 2.24) is 25.1 Å². The predicted octanol–water partition coefficient (Wildman–Crippen LogP) is 0.999. The Morgan fingerprint density at radius 1 is 1.38 bits per heavy atom. The predicted molar refractivity (Wildman–Crippen MR) is 61.4 cm³/mol. The lowest BCUT2D eigenvalue weighted by molar-refractivity contribution is 0.769. The standard InChI is InChI=1S/C11H15N5/c1-8-14-9(2)16(15-8)11-4-5-13-7-10(11)6-12-3/h4-5,7,12H,6H2,1-3H3. The molecule has 0 amide bonds. The molecule has 16 heavy (non-hydrogen) atoms. The van der Waals surface area contributed by atoms with Crippen molar-refractivity contribution in [3.05, 3.63) is 35.7 Å². The highest BCUT2D eigenvalue weighted by Crippen LogP contribution is 2.13. The molecule has 2 aromatic heterocycles. The Kier molecular flexibility index (Phi) is 2.96. The van der Waals surface area contributed by atoms with E-state index in [1.807, 2.05) is 37.8 Å². The Balaban J connectivity index is 2.50. The summed E-state index contributed by atoms with van der Waals surface area (Å²) in [5.74, 6) is 1.67. The molecular weight excluding hydrogens is 202 g/mol. The first-order valence-corrected chi connectivity index (χ1v) is 5.20. The van der Waals surface area contributed by atoms with Gasteiger partial charge in [-0.3, -0.25) is 4.98 Å². The lowest BCUT2D eigenvalue weighted by atomic mass is 10.2. The Labute approximate surface area is 94.5 Å². The van der Waals surface area contributed by atoms with E-state index in [9.17, 15) is 0 Å². The van der Waals surface area contributed by atoms with Crippen molar-refractivity contribution >= 4 is 0 Å². The molecule has 0 aliphatic carbocycles.